The first-order chi connectivity index (χ1) is 13.5. The molecule has 1 amide bonds. The SMILES string of the molecule is COc1ccc2cc(CN(C)CC(=O)Nc3ccccc3C(C)=O)ccc2c1. The van der Waals surface area contributed by atoms with E-state index in [2.05, 4.69) is 23.5 Å². The van der Waals surface area contributed by atoms with Crippen LogP contribution >= 0.6 is 0 Å². The van der Waals surface area contributed by atoms with Crippen LogP contribution in [0.25, 0.3) is 10.8 Å². The second-order valence-electron chi connectivity index (χ2n) is 6.87. The number of rotatable bonds is 7. The molecular formula is C23H24N2O3. The van der Waals surface area contributed by atoms with Crippen LogP contribution in [0.2, 0.25) is 0 Å². The molecule has 0 fully saturated rings. The van der Waals surface area contributed by atoms with Crippen molar-refractivity contribution in [1.82, 2.24) is 4.90 Å². The van der Waals surface area contributed by atoms with Crippen LogP contribution < -0.4 is 10.1 Å². The van der Waals surface area contributed by atoms with Gasteiger partial charge in [0.25, 0.3) is 0 Å². The van der Waals surface area contributed by atoms with Crippen molar-refractivity contribution >= 4 is 28.2 Å². The van der Waals surface area contributed by atoms with Gasteiger partial charge in [0.1, 0.15) is 5.75 Å². The Hall–Kier alpha value is -3.18. The van der Waals surface area contributed by atoms with Gasteiger partial charge >= 0.3 is 0 Å². The third-order valence-electron chi connectivity index (χ3n) is 4.56. The molecule has 0 spiro atoms. The fourth-order valence-corrected chi connectivity index (χ4v) is 3.20. The third-order valence-corrected chi connectivity index (χ3v) is 4.56. The zero-order valence-electron chi connectivity index (χ0n) is 16.4. The molecule has 0 unspecified atom stereocenters. The number of ether oxygens (including phenoxy) is 1. The van der Waals surface area contributed by atoms with E-state index in [1.807, 2.05) is 30.1 Å². The summed E-state index contributed by atoms with van der Waals surface area (Å²) in [7, 11) is 3.55. The Balaban J connectivity index is 1.63. The van der Waals surface area contributed by atoms with Crippen molar-refractivity contribution in [3.05, 3.63) is 71.8 Å². The molecule has 1 N–H and O–H groups in total. The second kappa shape index (κ2) is 8.67. The Kier molecular flexibility index (Phi) is 6.06. The van der Waals surface area contributed by atoms with Crippen molar-refractivity contribution in [3.63, 3.8) is 0 Å². The predicted molar refractivity (Wildman–Crippen MR) is 112 cm³/mol. The lowest BCUT2D eigenvalue weighted by molar-refractivity contribution is -0.117. The molecule has 0 saturated carbocycles. The van der Waals surface area contributed by atoms with Crippen LogP contribution in [0, 0.1) is 0 Å². The number of Topliss-reactive ketones (excluding diaryl/α,β-unsaturated/α-hetero) is 1. The van der Waals surface area contributed by atoms with Gasteiger partial charge in [-0.3, -0.25) is 14.5 Å². The monoisotopic (exact) mass is 376 g/mol. The van der Waals surface area contributed by atoms with Gasteiger partial charge < -0.3 is 10.1 Å². The summed E-state index contributed by atoms with van der Waals surface area (Å²) < 4.78 is 5.26. The lowest BCUT2D eigenvalue weighted by Gasteiger charge is -2.17. The fraction of sp³-hybridized carbons (Fsp3) is 0.217. The zero-order valence-corrected chi connectivity index (χ0v) is 16.4. The number of nitrogens with zero attached hydrogens (tertiary/aromatic N) is 1. The summed E-state index contributed by atoms with van der Waals surface area (Å²) in [4.78, 5) is 26.0. The number of para-hydroxylation sites is 1. The van der Waals surface area contributed by atoms with Gasteiger partial charge in [0.15, 0.2) is 5.78 Å². The van der Waals surface area contributed by atoms with Crippen LogP contribution in [-0.2, 0) is 11.3 Å². The maximum absolute atomic E-state index is 12.4. The first-order valence-electron chi connectivity index (χ1n) is 9.11. The number of fused-ring (bicyclic) bond motifs is 1. The van der Waals surface area contributed by atoms with Crippen LogP contribution in [0.15, 0.2) is 60.7 Å². The molecule has 0 aliphatic carbocycles. The van der Waals surface area contributed by atoms with Gasteiger partial charge in [-0.1, -0.05) is 30.3 Å². The summed E-state index contributed by atoms with van der Waals surface area (Å²) in [6.45, 7) is 2.36. The Labute approximate surface area is 164 Å². The number of hydrogen-bond acceptors (Lipinski definition) is 4. The van der Waals surface area contributed by atoms with Crippen molar-refractivity contribution in [2.45, 2.75) is 13.5 Å². The van der Waals surface area contributed by atoms with E-state index in [9.17, 15) is 9.59 Å². The van der Waals surface area contributed by atoms with E-state index >= 15 is 0 Å². The number of nitrogens with one attached hydrogen (secondary N) is 1. The van der Waals surface area contributed by atoms with E-state index in [0.717, 1.165) is 22.1 Å². The van der Waals surface area contributed by atoms with Crippen molar-refractivity contribution in [3.8, 4) is 5.75 Å². The number of ketones is 1. The number of hydrogen-bond donors (Lipinski definition) is 1. The molecule has 3 rings (SSSR count). The average molecular weight is 376 g/mol. The summed E-state index contributed by atoms with van der Waals surface area (Å²) in [6.07, 6.45) is 0. The lowest BCUT2D eigenvalue weighted by Crippen LogP contribution is -2.30. The summed E-state index contributed by atoms with van der Waals surface area (Å²) in [5, 5.41) is 5.08. The van der Waals surface area contributed by atoms with E-state index in [0.29, 0.717) is 17.8 Å². The molecule has 0 radical (unpaired) electrons. The maximum Gasteiger partial charge on any atom is 0.238 e. The zero-order chi connectivity index (χ0) is 20.1. The quantitative estimate of drug-likeness (QED) is 0.630. The minimum Gasteiger partial charge on any atom is -0.497 e. The highest BCUT2D eigenvalue weighted by molar-refractivity contribution is 6.04. The van der Waals surface area contributed by atoms with Gasteiger partial charge in [0.05, 0.1) is 19.3 Å². The van der Waals surface area contributed by atoms with Gasteiger partial charge in [-0.25, -0.2) is 0 Å². The molecule has 0 aromatic heterocycles. The molecule has 0 atom stereocenters. The number of methoxy groups -OCH3 is 1. The number of anilines is 1. The highest BCUT2D eigenvalue weighted by Gasteiger charge is 2.12. The molecule has 0 bridgehead atoms. The molecule has 0 aliphatic rings. The Bertz CT molecular complexity index is 1010. The number of benzene rings is 3. The highest BCUT2D eigenvalue weighted by atomic mass is 16.5. The maximum atomic E-state index is 12.4. The number of likely N-dealkylation sites (N-methyl/N-ethyl adjacent to an activating group) is 1. The van der Waals surface area contributed by atoms with Crippen molar-refractivity contribution in [2.75, 3.05) is 26.0 Å². The summed E-state index contributed by atoms with van der Waals surface area (Å²) in [6, 6.07) is 19.3. The molecule has 144 valence electrons. The largest absolute Gasteiger partial charge is 0.497 e. The highest BCUT2D eigenvalue weighted by Crippen LogP contribution is 2.22. The van der Waals surface area contributed by atoms with E-state index in [1.165, 1.54) is 6.92 Å². The Morgan fingerprint density at radius 3 is 2.46 bits per heavy atom. The molecule has 3 aromatic carbocycles. The first kappa shape index (κ1) is 19.6. The molecule has 5 heteroatoms. The smallest absolute Gasteiger partial charge is 0.238 e. The number of carbonyl (C=O) groups is 2. The molecule has 28 heavy (non-hydrogen) atoms. The minimum absolute atomic E-state index is 0.0722. The van der Waals surface area contributed by atoms with Gasteiger partial charge in [-0.05, 0) is 60.6 Å². The third kappa shape index (κ3) is 4.75. The van der Waals surface area contributed by atoms with Gasteiger partial charge in [0, 0.05) is 12.1 Å². The first-order valence-corrected chi connectivity index (χ1v) is 9.11. The normalized spacial score (nSPS) is 10.9. The van der Waals surface area contributed by atoms with Crippen LogP contribution in [0.3, 0.4) is 0 Å². The Morgan fingerprint density at radius 1 is 1.00 bits per heavy atom. The number of amides is 1. The standard InChI is InChI=1S/C23H24N2O3/c1-16(26)21-6-4-5-7-22(21)24-23(27)15-25(2)14-17-8-9-19-13-20(28-3)11-10-18(19)12-17/h4-13H,14-15H2,1-3H3,(H,24,27). The topological polar surface area (TPSA) is 58.6 Å². The van der Waals surface area contributed by atoms with Gasteiger partial charge in [0.2, 0.25) is 5.91 Å². The summed E-state index contributed by atoms with van der Waals surface area (Å²) in [5.41, 5.74) is 2.19. The van der Waals surface area contributed by atoms with Crippen LogP contribution in [-0.4, -0.2) is 37.3 Å². The van der Waals surface area contributed by atoms with Crippen LogP contribution in [0.4, 0.5) is 5.69 Å². The lowest BCUT2D eigenvalue weighted by atomic mass is 10.1. The van der Waals surface area contributed by atoms with Crippen LogP contribution in [0.5, 0.6) is 5.75 Å². The van der Waals surface area contributed by atoms with E-state index in [-0.39, 0.29) is 18.2 Å². The van der Waals surface area contributed by atoms with Crippen molar-refractivity contribution < 1.29 is 14.3 Å². The predicted octanol–water partition coefficient (Wildman–Crippen LogP) is 4.12. The second-order valence-corrected chi connectivity index (χ2v) is 6.87. The Morgan fingerprint density at radius 2 is 1.71 bits per heavy atom. The fourth-order valence-electron chi connectivity index (χ4n) is 3.20. The average Bonchev–Trinajstić information content (AvgIpc) is 2.67. The van der Waals surface area contributed by atoms with Gasteiger partial charge in [-0.15, -0.1) is 0 Å². The molecular weight excluding hydrogens is 352 g/mol. The summed E-state index contributed by atoms with van der Waals surface area (Å²) in [5.74, 6) is 0.610. The van der Waals surface area contributed by atoms with Crippen molar-refractivity contribution in [1.29, 1.82) is 0 Å². The molecule has 3 aromatic rings. The molecule has 0 aliphatic heterocycles. The van der Waals surface area contributed by atoms with E-state index in [4.69, 9.17) is 4.74 Å². The van der Waals surface area contributed by atoms with Gasteiger partial charge in [-0.2, -0.15) is 0 Å². The van der Waals surface area contributed by atoms with Crippen molar-refractivity contribution in [2.24, 2.45) is 0 Å². The molecule has 5 nitrogen and oxygen atoms in total. The minimum atomic E-state index is -0.151. The molecule has 0 heterocycles. The van der Waals surface area contributed by atoms with Crippen LogP contribution in [0.1, 0.15) is 22.8 Å². The summed E-state index contributed by atoms with van der Waals surface area (Å²) >= 11 is 0. The van der Waals surface area contributed by atoms with E-state index in [1.54, 1.807) is 31.4 Å². The molecule has 0 saturated heterocycles. The number of carbonyl (C=O) groups excluding carboxylic acids is 2. The van der Waals surface area contributed by atoms with E-state index < -0.39 is 0 Å².